The molecule has 2 rings (SSSR count). The number of nitrogens with zero attached hydrogens (tertiary/aromatic N) is 6. The molecular weight excluding hydrogens is 1310 g/mol. The summed E-state index contributed by atoms with van der Waals surface area (Å²) in [6, 6.07) is -10.0. The molecule has 100 heavy (non-hydrogen) atoms. The summed E-state index contributed by atoms with van der Waals surface area (Å²) < 4.78 is 21.4. The number of aromatic amines is 2. The second kappa shape index (κ2) is 54.4. The molecule has 12 amide bonds. The highest BCUT2D eigenvalue weighted by atomic mass is 16.5. The number of nitrogens with two attached hydrogens (primary N) is 2. The van der Waals surface area contributed by atoms with Crippen LogP contribution in [0.2, 0.25) is 0 Å². The monoisotopic (exact) mass is 1420 g/mol. The van der Waals surface area contributed by atoms with Crippen LogP contribution in [-0.2, 0) is 89.3 Å². The van der Waals surface area contributed by atoms with Gasteiger partial charge in [0.15, 0.2) is 5.82 Å². The van der Waals surface area contributed by atoms with Gasteiger partial charge in [-0.2, -0.15) is 5.21 Å². The molecule has 0 unspecified atom stereocenters. The smallest absolute Gasteiger partial charge is 0.246 e. The van der Waals surface area contributed by atoms with E-state index in [4.69, 9.17) is 30.4 Å². The Bertz CT molecular complexity index is 2700. The Hall–Kier alpha value is -8.40. The van der Waals surface area contributed by atoms with Crippen LogP contribution in [0, 0.1) is 0 Å². The van der Waals surface area contributed by atoms with Gasteiger partial charge in [-0.05, 0) is 46.7 Å². The number of primary amides is 2. The number of hydrogen-bond acceptors (Lipinski definition) is 24. The van der Waals surface area contributed by atoms with E-state index >= 15 is 0 Å². The highest BCUT2D eigenvalue weighted by Gasteiger charge is 2.34. The molecule has 18 N–H and O–H groups in total. The number of hydrogen-bond donors (Lipinski definition) is 16. The highest BCUT2D eigenvalue weighted by Crippen LogP contribution is 2.14. The number of likely N-dealkylation sites (N-methyl/N-ethyl adjacent to an activating group) is 2. The molecule has 0 saturated heterocycles. The van der Waals surface area contributed by atoms with Gasteiger partial charge in [0.2, 0.25) is 70.9 Å². The molecule has 2 aromatic heterocycles. The molecule has 0 fully saturated rings. The Balaban J connectivity index is 1.66. The average molecular weight is 1420 g/mol. The van der Waals surface area contributed by atoms with Crippen LogP contribution in [-0.4, -0.2) is 289 Å². The minimum absolute atomic E-state index is 0.00465. The first-order valence-corrected chi connectivity index (χ1v) is 34.0. The van der Waals surface area contributed by atoms with Crippen molar-refractivity contribution in [3.63, 3.8) is 0 Å². The van der Waals surface area contributed by atoms with Crippen LogP contribution < -0.4 is 59.3 Å². The summed E-state index contributed by atoms with van der Waals surface area (Å²) in [5, 5.41) is 65.7. The van der Waals surface area contributed by atoms with E-state index in [-0.39, 0.29) is 71.0 Å². The molecule has 0 aliphatic carbocycles. The highest BCUT2D eigenvalue weighted by molar-refractivity contribution is 5.98. The van der Waals surface area contributed by atoms with E-state index in [1.807, 2.05) is 19.0 Å². The van der Waals surface area contributed by atoms with E-state index in [1.54, 1.807) is 6.92 Å². The number of ether oxygens (including phenoxy) is 4. The minimum atomic E-state index is -1.91. The summed E-state index contributed by atoms with van der Waals surface area (Å²) in [6.45, 7) is -0.531. The lowest BCUT2D eigenvalue weighted by molar-refractivity contribution is -0.138. The van der Waals surface area contributed by atoms with E-state index in [2.05, 4.69) is 78.4 Å². The third-order valence-corrected chi connectivity index (χ3v) is 15.2. The predicted octanol–water partition coefficient (Wildman–Crippen LogP) is -5.59. The van der Waals surface area contributed by atoms with Gasteiger partial charge in [-0.25, -0.2) is 4.98 Å². The first kappa shape index (κ1) is 87.7. The third kappa shape index (κ3) is 41.9. The number of aromatic nitrogens is 6. The Kier molecular flexibility index (Phi) is 47.7. The Labute approximate surface area is 582 Å². The summed E-state index contributed by atoms with van der Waals surface area (Å²) in [6.07, 6.45) is 17.6. The van der Waals surface area contributed by atoms with Crippen molar-refractivity contribution in [2.75, 3.05) is 126 Å². The van der Waals surface area contributed by atoms with Crippen molar-refractivity contribution in [3.05, 3.63) is 24.0 Å². The number of aliphatic hydroxyl groups is 3. The van der Waals surface area contributed by atoms with E-state index < -0.39 is 154 Å². The van der Waals surface area contributed by atoms with Crippen molar-refractivity contribution in [1.29, 1.82) is 0 Å². The number of imidazole rings is 1. The van der Waals surface area contributed by atoms with Gasteiger partial charge < -0.3 is 108 Å². The van der Waals surface area contributed by atoms with Gasteiger partial charge in [-0.15, -0.1) is 10.2 Å². The summed E-state index contributed by atoms with van der Waals surface area (Å²) in [4.78, 5) is 165. The number of carbonyl (C=O) groups excluding carboxylic acids is 12. The Morgan fingerprint density at radius 1 is 0.510 bits per heavy atom. The van der Waals surface area contributed by atoms with Crippen LogP contribution in [0.15, 0.2) is 12.5 Å². The number of amides is 12. The molecule has 0 aromatic carbocycles. The van der Waals surface area contributed by atoms with Gasteiger partial charge >= 0.3 is 0 Å². The normalized spacial score (nSPS) is 12.9. The second-order valence-corrected chi connectivity index (χ2v) is 23.7. The van der Waals surface area contributed by atoms with Crippen LogP contribution in [0.4, 0.5) is 0 Å². The molecule has 0 saturated carbocycles. The number of H-pyrrole nitrogens is 2. The van der Waals surface area contributed by atoms with Crippen LogP contribution in [0.3, 0.4) is 0 Å². The van der Waals surface area contributed by atoms with E-state index in [0.29, 0.717) is 38.4 Å². The number of rotatable bonds is 61. The van der Waals surface area contributed by atoms with Crippen LogP contribution in [0.5, 0.6) is 0 Å². The predicted molar refractivity (Wildman–Crippen MR) is 358 cm³/mol. The molecule has 6 atom stereocenters. The van der Waals surface area contributed by atoms with Gasteiger partial charge in [0.25, 0.3) is 0 Å². The number of nitrogens with one attached hydrogen (secondary N) is 11. The maximum Gasteiger partial charge on any atom is 0.246 e. The van der Waals surface area contributed by atoms with Gasteiger partial charge in [0.05, 0.1) is 72.3 Å². The molecule has 0 aliphatic heterocycles. The Morgan fingerprint density at radius 2 is 0.950 bits per heavy atom. The maximum absolute atomic E-state index is 13.9. The lowest BCUT2D eigenvalue weighted by Gasteiger charge is -2.29. The zero-order valence-corrected chi connectivity index (χ0v) is 58.0. The largest absolute Gasteiger partial charge is 0.394 e. The van der Waals surface area contributed by atoms with E-state index in [9.17, 15) is 72.9 Å². The second-order valence-electron chi connectivity index (χ2n) is 23.7. The molecule has 566 valence electrons. The third-order valence-electron chi connectivity index (χ3n) is 15.2. The van der Waals surface area contributed by atoms with Gasteiger partial charge in [0, 0.05) is 76.7 Å². The molecule has 2 heterocycles. The molecule has 38 heteroatoms. The Morgan fingerprint density at radius 3 is 1.40 bits per heavy atom. The van der Waals surface area contributed by atoms with E-state index in [0.717, 1.165) is 37.9 Å². The lowest BCUT2D eigenvalue weighted by atomic mass is 10.0. The quantitative estimate of drug-likeness (QED) is 0.0275. The van der Waals surface area contributed by atoms with Gasteiger partial charge in [0.1, 0.15) is 49.5 Å². The zero-order chi connectivity index (χ0) is 73.7. The fourth-order valence-corrected chi connectivity index (χ4v) is 9.55. The van der Waals surface area contributed by atoms with Crippen LogP contribution in [0.1, 0.15) is 134 Å². The minimum Gasteiger partial charge on any atom is -0.394 e. The van der Waals surface area contributed by atoms with Crippen molar-refractivity contribution in [1.82, 2.24) is 88.2 Å². The number of aryl methyl sites for hydroxylation is 1. The standard InChI is InChI=1S/C62H109N19O19/c1-4-81(27-26-80(2)3)62(96)46(34-43-35-65-42-69-43)73-57(91)44(20-22-50(63)85)72-60(94)48(38-83)75-61(95)49(39-84)74-58(92)45(21-23-51(64)86)71-59(93)47(37-82)70-54(88)36-68-56(90)41-100-33-31-98-29-25-67-55(89)40-99-32-30-97-28-24-66-53(87)19-17-15-13-11-9-7-5-6-8-10-12-14-16-18-52-76-78-79-77-52/h35,42,44-49,82-84H,4-34,36-41H2,1-3H3,(H2,63,85)(H2,64,86)(H,65,69)(H,66,87)(H,67,89)(H,68,90)(H,70,88)(H,71,93)(H,72,94)(H,73,91)(H,74,92)(H,75,95)(H,76,77,78,79)/t44-,45-,46-,47+,48-,49-/m0/s1. The summed E-state index contributed by atoms with van der Waals surface area (Å²) in [5.41, 5.74) is 11.1. The maximum atomic E-state index is 13.9. The molecule has 0 spiro atoms. The van der Waals surface area contributed by atoms with Gasteiger partial charge in [-0.1, -0.05) is 75.8 Å². The molecule has 0 aliphatic rings. The first-order valence-electron chi connectivity index (χ1n) is 34.0. The molecule has 2 aromatic rings. The molecule has 0 bridgehead atoms. The SMILES string of the molecule is CCN(CCN(C)C)C(=O)[C@H](Cc1cnc[nH]1)NC(=O)[C@H](CCC(N)=O)NC(=O)[C@H](CO)NC(=O)[C@H](CO)NC(=O)[C@H](CCC(N)=O)NC(=O)[C@@H](CO)NC(=O)CNC(=O)COCCOCCNC(=O)COCCOCCNC(=O)CCCCCCCCCCCCCCCc1nn[nH]n1. The van der Waals surface area contributed by atoms with Gasteiger partial charge in [-0.3, -0.25) is 57.5 Å². The topological polar surface area (TPSA) is 552 Å². The summed E-state index contributed by atoms with van der Waals surface area (Å²) in [7, 11) is 3.64. The van der Waals surface area contributed by atoms with E-state index in [1.165, 1.54) is 75.2 Å². The van der Waals surface area contributed by atoms with Crippen molar-refractivity contribution in [3.8, 4) is 0 Å². The van der Waals surface area contributed by atoms with Crippen molar-refractivity contribution in [2.45, 2.75) is 172 Å². The van der Waals surface area contributed by atoms with Crippen molar-refractivity contribution >= 4 is 70.9 Å². The summed E-state index contributed by atoms with van der Waals surface area (Å²) in [5.74, 6) is -9.38. The number of unbranched alkanes of at least 4 members (excludes halogenated alkanes) is 12. The zero-order valence-electron chi connectivity index (χ0n) is 58.0. The molecule has 38 nitrogen and oxygen atoms in total. The lowest BCUT2D eigenvalue weighted by Crippen LogP contribution is -2.61. The number of carbonyl (C=O) groups is 12. The van der Waals surface area contributed by atoms with Crippen LogP contribution in [0.25, 0.3) is 0 Å². The average Bonchev–Trinajstić information content (AvgIpc) is 1.19. The fourth-order valence-electron chi connectivity index (χ4n) is 9.55. The fraction of sp³-hybridized carbons (Fsp3) is 0.742. The number of aliphatic hydroxyl groups excluding tert-OH is 3. The van der Waals surface area contributed by atoms with Crippen LogP contribution >= 0.6 is 0 Å². The number of tetrazole rings is 1. The first-order chi connectivity index (χ1) is 48.1. The molecule has 0 radical (unpaired) electrons. The summed E-state index contributed by atoms with van der Waals surface area (Å²) >= 11 is 0. The van der Waals surface area contributed by atoms with Crippen molar-refractivity contribution in [2.24, 2.45) is 11.5 Å². The van der Waals surface area contributed by atoms with Crippen molar-refractivity contribution < 1.29 is 91.8 Å². The molecular formula is C62H109N19O19.